The lowest BCUT2D eigenvalue weighted by Crippen LogP contribution is -2.35. The van der Waals surface area contributed by atoms with Crippen molar-refractivity contribution in [1.82, 2.24) is 5.32 Å². The maximum absolute atomic E-state index is 13.8. The van der Waals surface area contributed by atoms with Crippen molar-refractivity contribution in [3.05, 3.63) is 35.6 Å². The first kappa shape index (κ1) is 14.5. The third-order valence-electron chi connectivity index (χ3n) is 4.49. The van der Waals surface area contributed by atoms with Crippen LogP contribution in [0.3, 0.4) is 0 Å². The van der Waals surface area contributed by atoms with Gasteiger partial charge >= 0.3 is 0 Å². The van der Waals surface area contributed by atoms with Crippen molar-refractivity contribution in [3.63, 3.8) is 0 Å². The molecule has 0 radical (unpaired) electrons. The lowest BCUT2D eigenvalue weighted by molar-refractivity contribution is 0.314. The van der Waals surface area contributed by atoms with Gasteiger partial charge < -0.3 is 5.32 Å². The Hall–Kier alpha value is -0.890. The summed E-state index contributed by atoms with van der Waals surface area (Å²) in [5.74, 6) is 0.646. The molecule has 1 unspecified atom stereocenters. The second-order valence-electron chi connectivity index (χ2n) is 5.95. The fraction of sp³-hybridized carbons (Fsp3) is 0.647. The molecule has 2 rings (SSSR count). The zero-order valence-corrected chi connectivity index (χ0v) is 12.2. The van der Waals surface area contributed by atoms with Crippen molar-refractivity contribution >= 4 is 0 Å². The summed E-state index contributed by atoms with van der Waals surface area (Å²) in [6, 6.07) is 7.64. The molecule has 1 aromatic rings. The van der Waals surface area contributed by atoms with Crippen molar-refractivity contribution in [2.75, 3.05) is 0 Å². The maximum atomic E-state index is 13.8. The molecule has 1 N–H and O–H groups in total. The Kier molecular flexibility index (Phi) is 5.38. The predicted octanol–water partition coefficient (Wildman–Crippen LogP) is 4.84. The summed E-state index contributed by atoms with van der Waals surface area (Å²) in [7, 11) is 0. The summed E-state index contributed by atoms with van der Waals surface area (Å²) in [5, 5.41) is 3.59. The Morgan fingerprint density at radius 1 is 1.05 bits per heavy atom. The zero-order chi connectivity index (χ0) is 13.7. The van der Waals surface area contributed by atoms with Crippen molar-refractivity contribution in [2.24, 2.45) is 5.92 Å². The maximum Gasteiger partial charge on any atom is 0.127 e. The summed E-state index contributed by atoms with van der Waals surface area (Å²) < 4.78 is 13.8. The highest BCUT2D eigenvalue weighted by Gasteiger charge is 2.21. The van der Waals surface area contributed by atoms with Crippen LogP contribution in [0.4, 0.5) is 4.39 Å². The first-order valence-corrected chi connectivity index (χ1v) is 7.69. The summed E-state index contributed by atoms with van der Waals surface area (Å²) in [5.41, 5.74) is 0.781. The molecule has 1 nitrogen and oxygen atoms in total. The van der Waals surface area contributed by atoms with Crippen LogP contribution in [0.5, 0.6) is 0 Å². The number of nitrogens with one attached hydrogen (secondary N) is 1. The smallest absolute Gasteiger partial charge is 0.127 e. The summed E-state index contributed by atoms with van der Waals surface area (Å²) in [6.45, 7) is 4.32. The Balaban J connectivity index is 1.94. The third-order valence-corrected chi connectivity index (χ3v) is 4.49. The predicted molar refractivity (Wildman–Crippen MR) is 78.6 cm³/mol. The van der Waals surface area contributed by atoms with E-state index in [9.17, 15) is 4.39 Å². The van der Waals surface area contributed by atoms with E-state index in [1.165, 1.54) is 38.5 Å². The van der Waals surface area contributed by atoms with Gasteiger partial charge in [0.05, 0.1) is 0 Å². The van der Waals surface area contributed by atoms with Crippen LogP contribution in [0.1, 0.15) is 64.0 Å². The molecule has 0 aliphatic heterocycles. The third kappa shape index (κ3) is 4.04. The quantitative estimate of drug-likeness (QED) is 0.767. The average molecular weight is 263 g/mol. The van der Waals surface area contributed by atoms with Crippen LogP contribution >= 0.6 is 0 Å². The minimum Gasteiger partial charge on any atom is -0.307 e. The monoisotopic (exact) mass is 263 g/mol. The fourth-order valence-corrected chi connectivity index (χ4v) is 3.26. The molecule has 0 aromatic heterocycles. The molecule has 0 spiro atoms. The molecule has 0 amide bonds. The normalized spacial score (nSPS) is 20.8. The number of hydrogen-bond donors (Lipinski definition) is 1. The van der Waals surface area contributed by atoms with Crippen LogP contribution in [0.2, 0.25) is 0 Å². The summed E-state index contributed by atoms with van der Waals surface area (Å²) in [4.78, 5) is 0. The Morgan fingerprint density at radius 2 is 1.68 bits per heavy atom. The molecule has 0 saturated heterocycles. The van der Waals surface area contributed by atoms with Crippen molar-refractivity contribution < 1.29 is 4.39 Å². The van der Waals surface area contributed by atoms with Gasteiger partial charge in [-0.25, -0.2) is 4.39 Å². The van der Waals surface area contributed by atoms with E-state index in [1.807, 2.05) is 12.1 Å². The molecule has 1 fully saturated rings. The van der Waals surface area contributed by atoms with Crippen LogP contribution in [0.25, 0.3) is 0 Å². The van der Waals surface area contributed by atoms with Gasteiger partial charge in [0.25, 0.3) is 0 Å². The van der Waals surface area contributed by atoms with Gasteiger partial charge in [-0.1, -0.05) is 43.9 Å². The lowest BCUT2D eigenvalue weighted by Gasteiger charge is -2.27. The molecular weight excluding hydrogens is 237 g/mol. The standard InChI is InChI=1S/C17H26FN/c1-13(15-9-5-3-4-6-10-15)19-14(2)16-11-7-8-12-17(16)18/h7-8,11-15,19H,3-6,9-10H2,1-2H3/t13-,14?/m1/s1. The Labute approximate surface area is 116 Å². The number of halogens is 1. The molecule has 2 heteroatoms. The lowest BCUT2D eigenvalue weighted by atomic mass is 9.92. The summed E-state index contributed by atoms with van der Waals surface area (Å²) >= 11 is 0. The molecule has 106 valence electrons. The van der Waals surface area contributed by atoms with Crippen LogP contribution in [-0.2, 0) is 0 Å². The highest BCUT2D eigenvalue weighted by Crippen LogP contribution is 2.27. The minimum atomic E-state index is -0.101. The van der Waals surface area contributed by atoms with E-state index < -0.39 is 0 Å². The second-order valence-corrected chi connectivity index (χ2v) is 5.95. The van der Waals surface area contributed by atoms with Crippen LogP contribution < -0.4 is 5.32 Å². The number of rotatable bonds is 4. The van der Waals surface area contributed by atoms with Crippen LogP contribution in [-0.4, -0.2) is 6.04 Å². The molecule has 1 aromatic carbocycles. The van der Waals surface area contributed by atoms with E-state index in [0.29, 0.717) is 6.04 Å². The zero-order valence-electron chi connectivity index (χ0n) is 12.2. The molecule has 1 aliphatic rings. The Bertz CT molecular complexity index is 383. The highest BCUT2D eigenvalue weighted by atomic mass is 19.1. The van der Waals surface area contributed by atoms with Gasteiger partial charge in [0, 0.05) is 17.6 Å². The first-order chi connectivity index (χ1) is 9.18. The molecular formula is C17H26FN. The van der Waals surface area contributed by atoms with E-state index in [4.69, 9.17) is 0 Å². The number of benzene rings is 1. The van der Waals surface area contributed by atoms with Crippen LogP contribution in [0.15, 0.2) is 24.3 Å². The van der Waals surface area contributed by atoms with Crippen molar-refractivity contribution in [2.45, 2.75) is 64.5 Å². The largest absolute Gasteiger partial charge is 0.307 e. The van der Waals surface area contributed by atoms with Gasteiger partial charge in [-0.15, -0.1) is 0 Å². The summed E-state index contributed by atoms with van der Waals surface area (Å²) in [6.07, 6.45) is 8.10. The van der Waals surface area contributed by atoms with Gasteiger partial charge in [-0.2, -0.15) is 0 Å². The molecule has 19 heavy (non-hydrogen) atoms. The van der Waals surface area contributed by atoms with E-state index >= 15 is 0 Å². The molecule has 0 bridgehead atoms. The SMILES string of the molecule is CC(N[C@H](C)C1CCCCCC1)c1ccccc1F. The minimum absolute atomic E-state index is 0.0828. The van der Waals surface area contributed by atoms with Crippen LogP contribution in [0, 0.1) is 11.7 Å². The number of hydrogen-bond acceptors (Lipinski definition) is 1. The van der Waals surface area contributed by atoms with E-state index in [1.54, 1.807) is 12.1 Å². The second kappa shape index (κ2) is 7.04. The topological polar surface area (TPSA) is 12.0 Å². The van der Waals surface area contributed by atoms with E-state index in [0.717, 1.165) is 11.5 Å². The molecule has 0 heterocycles. The van der Waals surface area contributed by atoms with Gasteiger partial charge in [0.2, 0.25) is 0 Å². The van der Waals surface area contributed by atoms with E-state index in [-0.39, 0.29) is 11.9 Å². The molecule has 1 saturated carbocycles. The van der Waals surface area contributed by atoms with Gasteiger partial charge in [0.1, 0.15) is 5.82 Å². The van der Waals surface area contributed by atoms with E-state index in [2.05, 4.69) is 19.2 Å². The van der Waals surface area contributed by atoms with Gasteiger partial charge in [0.15, 0.2) is 0 Å². The van der Waals surface area contributed by atoms with Gasteiger partial charge in [-0.05, 0) is 38.7 Å². The van der Waals surface area contributed by atoms with Gasteiger partial charge in [-0.3, -0.25) is 0 Å². The molecule has 1 aliphatic carbocycles. The Morgan fingerprint density at radius 3 is 2.32 bits per heavy atom. The molecule has 2 atom stereocenters. The average Bonchev–Trinajstić information content (AvgIpc) is 2.68. The van der Waals surface area contributed by atoms with Crippen molar-refractivity contribution in [1.29, 1.82) is 0 Å². The first-order valence-electron chi connectivity index (χ1n) is 7.69. The highest BCUT2D eigenvalue weighted by molar-refractivity contribution is 5.20. The fourth-order valence-electron chi connectivity index (χ4n) is 3.26. The van der Waals surface area contributed by atoms with Crippen molar-refractivity contribution in [3.8, 4) is 0 Å².